The van der Waals surface area contributed by atoms with Gasteiger partial charge in [-0.25, -0.2) is 0 Å². The predicted molar refractivity (Wildman–Crippen MR) is 99.8 cm³/mol. The first-order valence-electron chi connectivity index (χ1n) is 9.35. The Labute approximate surface area is 145 Å². The van der Waals surface area contributed by atoms with Gasteiger partial charge in [-0.2, -0.15) is 0 Å². The van der Waals surface area contributed by atoms with E-state index in [1.54, 1.807) is 0 Å². The summed E-state index contributed by atoms with van der Waals surface area (Å²) in [4.78, 5) is 4.24. The highest BCUT2D eigenvalue weighted by molar-refractivity contribution is 5.84. The van der Waals surface area contributed by atoms with Crippen molar-refractivity contribution in [1.29, 1.82) is 0 Å². The maximum Gasteiger partial charge on any atom is 0.0771 e. The quantitative estimate of drug-likeness (QED) is 0.832. The molecule has 24 heavy (non-hydrogen) atoms. The van der Waals surface area contributed by atoms with E-state index in [1.807, 2.05) is 25.4 Å². The molecule has 1 atom stereocenters. The van der Waals surface area contributed by atoms with Crippen molar-refractivity contribution in [3.8, 4) is 0 Å². The second kappa shape index (κ2) is 7.62. The van der Waals surface area contributed by atoms with Crippen molar-refractivity contribution in [3.63, 3.8) is 0 Å². The topological polar surface area (TPSA) is 45.1 Å². The molecule has 1 saturated carbocycles. The van der Waals surface area contributed by atoms with Crippen LogP contribution < -0.4 is 5.32 Å². The van der Waals surface area contributed by atoms with E-state index in [1.165, 1.54) is 35.6 Å². The fraction of sp³-hybridized carbons (Fsp3) is 0.571. The minimum absolute atomic E-state index is 0.419. The number of fused-ring (bicyclic) bond motifs is 1. The molecule has 0 bridgehead atoms. The van der Waals surface area contributed by atoms with Crippen LogP contribution in [0.2, 0.25) is 0 Å². The highest BCUT2D eigenvalue weighted by Gasteiger charge is 2.34. The molecule has 1 aliphatic rings. The Balaban J connectivity index is 1.57. The molecule has 130 valence electrons. The van der Waals surface area contributed by atoms with Crippen LogP contribution in [-0.2, 0) is 6.54 Å². The summed E-state index contributed by atoms with van der Waals surface area (Å²) in [7, 11) is 0. The van der Waals surface area contributed by atoms with Crippen LogP contribution in [0.25, 0.3) is 10.8 Å². The Morgan fingerprint density at radius 1 is 1.21 bits per heavy atom. The highest BCUT2D eigenvalue weighted by atomic mass is 16.3. The molecule has 0 spiro atoms. The van der Waals surface area contributed by atoms with Gasteiger partial charge in [0.15, 0.2) is 0 Å². The summed E-state index contributed by atoms with van der Waals surface area (Å²) in [5.41, 5.74) is 0.618. The first-order valence-corrected chi connectivity index (χ1v) is 9.35. The van der Waals surface area contributed by atoms with E-state index in [-0.39, 0.29) is 0 Å². The molecule has 2 aromatic rings. The zero-order valence-electron chi connectivity index (χ0n) is 15.0. The first-order chi connectivity index (χ1) is 11.6. The highest BCUT2D eigenvalue weighted by Crippen LogP contribution is 2.36. The smallest absolute Gasteiger partial charge is 0.0771 e. The largest absolute Gasteiger partial charge is 0.389 e. The van der Waals surface area contributed by atoms with Gasteiger partial charge < -0.3 is 10.4 Å². The number of nitrogens with one attached hydrogen (secondary N) is 1. The van der Waals surface area contributed by atoms with Crippen molar-refractivity contribution in [2.45, 2.75) is 58.1 Å². The summed E-state index contributed by atoms with van der Waals surface area (Å²) in [5, 5.41) is 16.8. The fourth-order valence-electron chi connectivity index (χ4n) is 4.12. The van der Waals surface area contributed by atoms with Gasteiger partial charge in [-0.05, 0) is 48.6 Å². The third-order valence-electron chi connectivity index (χ3n) is 5.88. The predicted octanol–water partition coefficient (Wildman–Crippen LogP) is 4.29. The third kappa shape index (κ3) is 3.96. The minimum atomic E-state index is -0.623. The number of aliphatic hydroxyl groups is 1. The molecule has 0 radical (unpaired) electrons. The zero-order chi connectivity index (χ0) is 17.0. The van der Waals surface area contributed by atoms with E-state index in [4.69, 9.17) is 0 Å². The van der Waals surface area contributed by atoms with Crippen molar-refractivity contribution in [3.05, 3.63) is 42.2 Å². The second-order valence-electron chi connectivity index (χ2n) is 7.60. The summed E-state index contributed by atoms with van der Waals surface area (Å²) in [6, 6.07) is 8.38. The van der Waals surface area contributed by atoms with Crippen LogP contribution >= 0.6 is 0 Å². The maximum atomic E-state index is 10.9. The summed E-state index contributed by atoms with van der Waals surface area (Å²) in [5.74, 6) is 1.29. The fourth-order valence-corrected chi connectivity index (χ4v) is 4.12. The summed E-state index contributed by atoms with van der Waals surface area (Å²) in [6.07, 6.45) is 9.89. The lowest BCUT2D eigenvalue weighted by atomic mass is 9.73. The average molecular weight is 326 g/mol. The zero-order valence-corrected chi connectivity index (χ0v) is 15.0. The van der Waals surface area contributed by atoms with Gasteiger partial charge in [-0.3, -0.25) is 4.98 Å². The second-order valence-corrected chi connectivity index (χ2v) is 7.60. The first kappa shape index (κ1) is 17.4. The van der Waals surface area contributed by atoms with Crippen LogP contribution in [0.4, 0.5) is 0 Å². The van der Waals surface area contributed by atoms with Crippen LogP contribution in [0.3, 0.4) is 0 Å². The maximum absolute atomic E-state index is 10.9. The Bertz CT molecular complexity index is 654. The van der Waals surface area contributed by atoms with E-state index in [0.717, 1.165) is 25.3 Å². The molecular formula is C21H30N2O. The van der Waals surface area contributed by atoms with Crippen LogP contribution in [0.5, 0.6) is 0 Å². The van der Waals surface area contributed by atoms with Crippen molar-refractivity contribution in [1.82, 2.24) is 10.3 Å². The van der Waals surface area contributed by atoms with Gasteiger partial charge in [0.1, 0.15) is 0 Å². The van der Waals surface area contributed by atoms with Gasteiger partial charge in [-0.15, -0.1) is 0 Å². The third-order valence-corrected chi connectivity index (χ3v) is 5.88. The number of nitrogens with zero attached hydrogens (tertiary/aromatic N) is 1. The minimum Gasteiger partial charge on any atom is -0.389 e. The van der Waals surface area contributed by atoms with E-state index >= 15 is 0 Å². The molecule has 0 saturated heterocycles. The van der Waals surface area contributed by atoms with Crippen LogP contribution in [0.15, 0.2) is 36.7 Å². The molecule has 1 aliphatic carbocycles. The lowest BCUT2D eigenvalue weighted by Gasteiger charge is -2.38. The molecule has 2 N–H and O–H groups in total. The standard InChI is InChI=1S/C21H30N2O/c1-3-16-7-9-19(10-8-16)21(2,24)15-23-13-18-6-4-5-17-11-12-22-14-20(17)18/h4-6,11-12,14,16,19,23-24H,3,7-10,13,15H2,1-2H3. The van der Waals surface area contributed by atoms with Crippen LogP contribution in [-0.4, -0.2) is 22.2 Å². The van der Waals surface area contributed by atoms with Crippen LogP contribution in [0.1, 0.15) is 51.5 Å². The molecule has 1 aromatic carbocycles. The van der Waals surface area contributed by atoms with Gasteiger partial charge in [0.2, 0.25) is 0 Å². The summed E-state index contributed by atoms with van der Waals surface area (Å²) in [6.45, 7) is 5.69. The molecule has 1 fully saturated rings. The number of benzene rings is 1. The molecule has 1 unspecified atom stereocenters. The van der Waals surface area contributed by atoms with Crippen molar-refractivity contribution < 1.29 is 5.11 Å². The molecule has 3 rings (SSSR count). The van der Waals surface area contributed by atoms with Gasteiger partial charge in [0.25, 0.3) is 0 Å². The van der Waals surface area contributed by atoms with E-state index < -0.39 is 5.60 Å². The molecule has 3 nitrogen and oxygen atoms in total. The molecule has 1 heterocycles. The Kier molecular flexibility index (Phi) is 5.52. The van der Waals surface area contributed by atoms with Gasteiger partial charge in [0, 0.05) is 30.9 Å². The SMILES string of the molecule is CCC1CCC(C(C)(O)CNCc2cccc3ccncc23)CC1. The van der Waals surface area contributed by atoms with Gasteiger partial charge >= 0.3 is 0 Å². The molecular weight excluding hydrogens is 296 g/mol. The van der Waals surface area contributed by atoms with E-state index in [9.17, 15) is 5.11 Å². The van der Waals surface area contributed by atoms with Crippen molar-refractivity contribution in [2.75, 3.05) is 6.54 Å². The molecule has 0 aliphatic heterocycles. The van der Waals surface area contributed by atoms with Crippen molar-refractivity contribution >= 4 is 10.8 Å². The molecule has 3 heteroatoms. The molecule has 0 amide bonds. The Morgan fingerprint density at radius 2 is 2.00 bits per heavy atom. The lowest BCUT2D eigenvalue weighted by Crippen LogP contribution is -2.45. The number of pyridine rings is 1. The number of rotatable bonds is 6. The summed E-state index contributed by atoms with van der Waals surface area (Å²) < 4.78 is 0. The van der Waals surface area contributed by atoms with Crippen LogP contribution in [0, 0.1) is 11.8 Å². The monoisotopic (exact) mass is 326 g/mol. The van der Waals surface area contributed by atoms with E-state index in [0.29, 0.717) is 12.5 Å². The number of aromatic nitrogens is 1. The summed E-state index contributed by atoms with van der Waals surface area (Å²) >= 11 is 0. The van der Waals surface area contributed by atoms with Gasteiger partial charge in [0.05, 0.1) is 5.60 Å². The number of hydrogen-bond donors (Lipinski definition) is 2. The normalized spacial score (nSPS) is 24.0. The van der Waals surface area contributed by atoms with E-state index in [2.05, 4.69) is 35.4 Å². The van der Waals surface area contributed by atoms with Crippen molar-refractivity contribution in [2.24, 2.45) is 11.8 Å². The Morgan fingerprint density at radius 3 is 2.75 bits per heavy atom. The Hall–Kier alpha value is -1.45. The lowest BCUT2D eigenvalue weighted by molar-refractivity contribution is -0.0214. The average Bonchev–Trinajstić information content (AvgIpc) is 2.62. The van der Waals surface area contributed by atoms with Gasteiger partial charge in [-0.1, -0.05) is 44.4 Å². The molecule has 1 aromatic heterocycles. The number of hydrogen-bond acceptors (Lipinski definition) is 3.